The number of amides is 1. The summed E-state index contributed by atoms with van der Waals surface area (Å²) in [7, 11) is 0. The first-order valence-corrected chi connectivity index (χ1v) is 24.8. The second kappa shape index (κ2) is 48.9. The lowest BCUT2D eigenvalue weighted by molar-refractivity contribution is -0.123. The van der Waals surface area contributed by atoms with E-state index in [0.29, 0.717) is 6.42 Å². The molecule has 0 saturated carbocycles. The number of carbonyl (C=O) groups is 1. The Kier molecular flexibility index (Phi) is 46.9. The second-order valence-electron chi connectivity index (χ2n) is 16.5. The van der Waals surface area contributed by atoms with Crippen LogP contribution in [0.2, 0.25) is 0 Å². The monoisotopic (exact) mass is 806 g/mol. The Labute approximate surface area is 361 Å². The van der Waals surface area contributed by atoms with E-state index < -0.39 is 12.1 Å². The topological polar surface area (TPSA) is 69.6 Å². The van der Waals surface area contributed by atoms with Crippen molar-refractivity contribution < 1.29 is 15.0 Å². The van der Waals surface area contributed by atoms with Crippen LogP contribution in [0.5, 0.6) is 0 Å². The van der Waals surface area contributed by atoms with Crippen molar-refractivity contribution in [1.82, 2.24) is 5.32 Å². The van der Waals surface area contributed by atoms with Crippen molar-refractivity contribution in [1.29, 1.82) is 0 Å². The fourth-order valence-corrected chi connectivity index (χ4v) is 7.12. The van der Waals surface area contributed by atoms with Crippen LogP contribution in [-0.4, -0.2) is 34.9 Å². The van der Waals surface area contributed by atoms with Crippen LogP contribution in [0, 0.1) is 0 Å². The van der Waals surface area contributed by atoms with Gasteiger partial charge in [-0.25, -0.2) is 0 Å². The minimum absolute atomic E-state index is 0.0806. The van der Waals surface area contributed by atoms with E-state index >= 15 is 0 Å². The van der Waals surface area contributed by atoms with Crippen molar-refractivity contribution in [2.75, 3.05) is 6.61 Å². The number of unbranched alkanes of at least 4 members (excludes halogenated alkanes) is 25. The lowest BCUT2D eigenvalue weighted by atomic mass is 10.0. The molecule has 0 aromatic rings. The zero-order chi connectivity index (χ0) is 42.1. The zero-order valence-corrected chi connectivity index (χ0v) is 38.3. The maximum atomic E-state index is 12.4. The maximum Gasteiger partial charge on any atom is 0.220 e. The molecule has 2 atom stereocenters. The van der Waals surface area contributed by atoms with E-state index in [1.807, 2.05) is 6.08 Å². The first-order valence-electron chi connectivity index (χ1n) is 24.8. The van der Waals surface area contributed by atoms with E-state index in [0.717, 1.165) is 77.0 Å². The highest BCUT2D eigenvalue weighted by Crippen LogP contribution is 2.15. The van der Waals surface area contributed by atoms with Gasteiger partial charge in [0.05, 0.1) is 18.8 Å². The molecule has 0 heterocycles. The SMILES string of the molecule is CC/C=C\C/C=C\C/C=C\C/C=C\C/C=C\C/C=C\CCCCCCCCC(=O)NC(CO)C(O)/C=C/CCCCCCCCCCCCCCCCCCCCC. The highest BCUT2D eigenvalue weighted by Gasteiger charge is 2.17. The maximum absolute atomic E-state index is 12.4. The summed E-state index contributed by atoms with van der Waals surface area (Å²) >= 11 is 0. The Morgan fingerprint density at radius 2 is 0.759 bits per heavy atom. The van der Waals surface area contributed by atoms with Crippen LogP contribution in [0.3, 0.4) is 0 Å². The van der Waals surface area contributed by atoms with Gasteiger partial charge >= 0.3 is 0 Å². The van der Waals surface area contributed by atoms with Gasteiger partial charge in [0, 0.05) is 6.42 Å². The molecule has 0 radical (unpaired) electrons. The Morgan fingerprint density at radius 3 is 1.14 bits per heavy atom. The molecule has 58 heavy (non-hydrogen) atoms. The average molecular weight is 806 g/mol. The molecule has 0 aliphatic heterocycles. The molecule has 4 nitrogen and oxygen atoms in total. The van der Waals surface area contributed by atoms with E-state index in [9.17, 15) is 15.0 Å². The number of hydrogen-bond acceptors (Lipinski definition) is 3. The quantitative estimate of drug-likeness (QED) is 0.0424. The van der Waals surface area contributed by atoms with Crippen LogP contribution in [0.1, 0.15) is 232 Å². The molecule has 0 aromatic carbocycles. The Hall–Kier alpha value is -2.43. The summed E-state index contributed by atoms with van der Waals surface area (Å²) < 4.78 is 0. The summed E-state index contributed by atoms with van der Waals surface area (Å²) in [5.74, 6) is -0.0806. The van der Waals surface area contributed by atoms with Gasteiger partial charge in [0.1, 0.15) is 0 Å². The number of hydrogen-bond donors (Lipinski definition) is 3. The first-order chi connectivity index (χ1) is 28.7. The molecule has 0 rings (SSSR count). The van der Waals surface area contributed by atoms with Crippen molar-refractivity contribution >= 4 is 5.91 Å². The number of nitrogens with one attached hydrogen (secondary N) is 1. The number of rotatable bonds is 44. The molecule has 3 N–H and O–H groups in total. The lowest BCUT2D eigenvalue weighted by Crippen LogP contribution is -2.45. The molecular formula is C54H95NO3. The molecule has 0 saturated heterocycles. The molecule has 334 valence electrons. The van der Waals surface area contributed by atoms with Crippen LogP contribution in [0.4, 0.5) is 0 Å². The number of allylic oxidation sites excluding steroid dienone is 13. The summed E-state index contributed by atoms with van der Waals surface area (Å²) in [6.07, 6.45) is 71.3. The van der Waals surface area contributed by atoms with Crippen LogP contribution < -0.4 is 5.32 Å². The summed E-state index contributed by atoms with van der Waals surface area (Å²) in [6.45, 7) is 4.19. The Morgan fingerprint density at radius 1 is 0.431 bits per heavy atom. The molecule has 0 aliphatic carbocycles. The van der Waals surface area contributed by atoms with Crippen LogP contribution in [0.15, 0.2) is 85.1 Å². The molecule has 4 heteroatoms. The van der Waals surface area contributed by atoms with Crippen molar-refractivity contribution in [2.45, 2.75) is 244 Å². The van der Waals surface area contributed by atoms with Gasteiger partial charge in [0.25, 0.3) is 0 Å². The molecule has 0 bridgehead atoms. The van der Waals surface area contributed by atoms with Crippen LogP contribution in [-0.2, 0) is 4.79 Å². The minimum Gasteiger partial charge on any atom is -0.394 e. The fraction of sp³-hybridized carbons (Fsp3) is 0.722. The molecule has 0 aliphatic rings. The summed E-state index contributed by atoms with van der Waals surface area (Å²) in [5.41, 5.74) is 0. The average Bonchev–Trinajstić information content (AvgIpc) is 3.23. The molecular weight excluding hydrogens is 711 g/mol. The lowest BCUT2D eigenvalue weighted by Gasteiger charge is -2.20. The van der Waals surface area contributed by atoms with Crippen molar-refractivity contribution in [3.63, 3.8) is 0 Å². The summed E-state index contributed by atoms with van der Waals surface area (Å²) in [5, 5.41) is 23.1. The highest BCUT2D eigenvalue weighted by molar-refractivity contribution is 5.76. The van der Waals surface area contributed by atoms with Crippen molar-refractivity contribution in [3.05, 3.63) is 85.1 Å². The smallest absolute Gasteiger partial charge is 0.220 e. The van der Waals surface area contributed by atoms with E-state index in [1.165, 1.54) is 135 Å². The molecule has 0 spiro atoms. The predicted molar refractivity (Wildman–Crippen MR) is 257 cm³/mol. The van der Waals surface area contributed by atoms with Gasteiger partial charge in [-0.3, -0.25) is 4.79 Å². The van der Waals surface area contributed by atoms with E-state index in [2.05, 4.69) is 92.1 Å². The summed E-state index contributed by atoms with van der Waals surface area (Å²) in [6, 6.07) is -0.636. The number of carbonyl (C=O) groups excluding carboxylic acids is 1. The van der Waals surface area contributed by atoms with Gasteiger partial charge in [-0.05, 0) is 70.6 Å². The third-order valence-electron chi connectivity index (χ3n) is 10.9. The van der Waals surface area contributed by atoms with Crippen LogP contribution in [0.25, 0.3) is 0 Å². The number of aliphatic hydroxyl groups excluding tert-OH is 2. The van der Waals surface area contributed by atoms with Crippen LogP contribution >= 0.6 is 0 Å². The van der Waals surface area contributed by atoms with E-state index in [-0.39, 0.29) is 12.5 Å². The molecule has 2 unspecified atom stereocenters. The normalized spacial score (nSPS) is 13.7. The highest BCUT2D eigenvalue weighted by atomic mass is 16.3. The fourth-order valence-electron chi connectivity index (χ4n) is 7.12. The van der Waals surface area contributed by atoms with Gasteiger partial charge in [-0.2, -0.15) is 0 Å². The number of aliphatic hydroxyl groups is 2. The molecule has 0 aromatic heterocycles. The standard InChI is InChI=1S/C54H95NO3/c1-3-5-7-9-11-13-15-17-19-21-23-25-26-27-28-30-32-34-36-38-40-42-44-46-48-50-54(58)55-52(51-56)53(57)49-47-45-43-41-39-37-35-33-31-29-24-22-20-18-16-14-12-10-8-6-4-2/h5,7,11,13,17,19,23,25,27-28,32,34,47,49,52-53,56-57H,3-4,6,8-10,12,14-16,18,20-22,24,26,29-31,33,35-46,48,50-51H2,1-2H3,(H,55,58)/b7-5-,13-11-,19-17-,25-23-,28-27-,34-32-,49-47+. The van der Waals surface area contributed by atoms with Crippen molar-refractivity contribution in [3.8, 4) is 0 Å². The Balaban J connectivity index is 3.62. The second-order valence-corrected chi connectivity index (χ2v) is 16.5. The van der Waals surface area contributed by atoms with Crippen molar-refractivity contribution in [2.24, 2.45) is 0 Å². The van der Waals surface area contributed by atoms with E-state index in [4.69, 9.17) is 0 Å². The first kappa shape index (κ1) is 55.6. The van der Waals surface area contributed by atoms with Gasteiger partial charge in [-0.1, -0.05) is 240 Å². The predicted octanol–water partition coefficient (Wildman–Crippen LogP) is 16.0. The minimum atomic E-state index is -0.851. The third-order valence-corrected chi connectivity index (χ3v) is 10.9. The van der Waals surface area contributed by atoms with Gasteiger partial charge < -0.3 is 15.5 Å². The third kappa shape index (κ3) is 44.7. The molecule has 1 amide bonds. The Bertz CT molecular complexity index is 1050. The zero-order valence-electron chi connectivity index (χ0n) is 38.3. The van der Waals surface area contributed by atoms with Gasteiger partial charge in [0.15, 0.2) is 0 Å². The van der Waals surface area contributed by atoms with Gasteiger partial charge in [0.2, 0.25) is 5.91 Å². The molecule has 0 fully saturated rings. The van der Waals surface area contributed by atoms with E-state index in [1.54, 1.807) is 6.08 Å². The summed E-state index contributed by atoms with van der Waals surface area (Å²) in [4.78, 5) is 12.4. The largest absolute Gasteiger partial charge is 0.394 e. The van der Waals surface area contributed by atoms with Gasteiger partial charge in [-0.15, -0.1) is 0 Å².